The molecule has 7 nitrogen and oxygen atoms in total. The van der Waals surface area contributed by atoms with E-state index in [0.717, 1.165) is 4.90 Å². The Labute approximate surface area is 122 Å². The van der Waals surface area contributed by atoms with E-state index in [2.05, 4.69) is 0 Å². The maximum Gasteiger partial charge on any atom is 0.323 e. The number of nitro groups is 1. The minimum Gasteiger partial charge on any atom is -0.480 e. The van der Waals surface area contributed by atoms with E-state index >= 15 is 0 Å². The molecule has 1 N–H and O–H groups in total. The van der Waals surface area contributed by atoms with Crippen molar-refractivity contribution in [3.63, 3.8) is 0 Å². The van der Waals surface area contributed by atoms with Crippen LogP contribution in [0.5, 0.6) is 0 Å². The number of carboxylic acids is 1. The molecule has 7 heteroatoms. The molecule has 0 atom stereocenters. The molecule has 0 aliphatic rings. The number of aliphatic carboxylic acids is 1. The standard InChI is InChI=1S/C14H18N2O5/c1-14(2,3)10-6-5-9(7-11(10)16(20)21)13(19)15(4)8-12(17)18/h5-7H,8H2,1-4H3,(H,17,18). The highest BCUT2D eigenvalue weighted by atomic mass is 16.6. The summed E-state index contributed by atoms with van der Waals surface area (Å²) in [6, 6.07) is 4.22. The summed E-state index contributed by atoms with van der Waals surface area (Å²) in [5.41, 5.74) is 0.0391. The molecule has 1 rings (SSSR count). The van der Waals surface area contributed by atoms with Crippen LogP contribution in [0.1, 0.15) is 36.7 Å². The van der Waals surface area contributed by atoms with Gasteiger partial charge in [0.15, 0.2) is 0 Å². The lowest BCUT2D eigenvalue weighted by Gasteiger charge is -2.20. The van der Waals surface area contributed by atoms with Crippen LogP contribution in [0.15, 0.2) is 18.2 Å². The zero-order valence-corrected chi connectivity index (χ0v) is 12.4. The molecule has 0 radical (unpaired) electrons. The molecule has 0 aliphatic carbocycles. The SMILES string of the molecule is CN(CC(=O)O)C(=O)c1ccc(C(C)(C)C)c([N+](=O)[O-])c1. The molecule has 1 aromatic rings. The maximum atomic E-state index is 12.1. The third-order valence-electron chi connectivity index (χ3n) is 2.97. The zero-order valence-electron chi connectivity index (χ0n) is 12.4. The van der Waals surface area contributed by atoms with Gasteiger partial charge in [-0.25, -0.2) is 0 Å². The van der Waals surface area contributed by atoms with E-state index in [0.29, 0.717) is 5.56 Å². The molecule has 0 saturated carbocycles. The molecule has 1 amide bonds. The quantitative estimate of drug-likeness (QED) is 0.676. The molecule has 0 bridgehead atoms. The fourth-order valence-electron chi connectivity index (χ4n) is 1.95. The molecule has 0 fully saturated rings. The number of benzene rings is 1. The first kappa shape index (κ1) is 16.6. The van der Waals surface area contributed by atoms with E-state index in [1.165, 1.54) is 19.2 Å². The topological polar surface area (TPSA) is 101 Å². The molecular formula is C14H18N2O5. The number of hydrogen-bond donors (Lipinski definition) is 1. The average molecular weight is 294 g/mol. The van der Waals surface area contributed by atoms with E-state index in [1.807, 2.05) is 20.8 Å². The second kappa shape index (κ2) is 5.90. The Hall–Kier alpha value is -2.44. The summed E-state index contributed by atoms with van der Waals surface area (Å²) >= 11 is 0. The summed E-state index contributed by atoms with van der Waals surface area (Å²) in [5, 5.41) is 19.8. The number of carboxylic acid groups (broad SMARTS) is 1. The van der Waals surface area contributed by atoms with Crippen molar-refractivity contribution in [2.75, 3.05) is 13.6 Å². The lowest BCUT2D eigenvalue weighted by atomic mass is 9.85. The molecule has 114 valence electrons. The fourth-order valence-corrected chi connectivity index (χ4v) is 1.95. The Kier molecular flexibility index (Phi) is 4.67. The lowest BCUT2D eigenvalue weighted by Crippen LogP contribution is -2.32. The summed E-state index contributed by atoms with van der Waals surface area (Å²) < 4.78 is 0. The van der Waals surface area contributed by atoms with Crippen LogP contribution in [0.2, 0.25) is 0 Å². The Balaban J connectivity index is 3.23. The van der Waals surface area contributed by atoms with Gasteiger partial charge in [0.05, 0.1) is 4.92 Å². The molecule has 0 unspecified atom stereocenters. The van der Waals surface area contributed by atoms with Crippen LogP contribution in [0.4, 0.5) is 5.69 Å². The van der Waals surface area contributed by atoms with Gasteiger partial charge in [0, 0.05) is 24.2 Å². The van der Waals surface area contributed by atoms with Gasteiger partial charge in [-0.15, -0.1) is 0 Å². The van der Waals surface area contributed by atoms with Crippen molar-refractivity contribution >= 4 is 17.6 Å². The Bertz CT molecular complexity index is 590. The number of rotatable bonds is 4. The van der Waals surface area contributed by atoms with Crippen molar-refractivity contribution in [2.24, 2.45) is 0 Å². The van der Waals surface area contributed by atoms with E-state index in [1.54, 1.807) is 6.07 Å². The van der Waals surface area contributed by atoms with E-state index in [-0.39, 0.29) is 11.3 Å². The summed E-state index contributed by atoms with van der Waals surface area (Å²) in [5.74, 6) is -1.72. The van der Waals surface area contributed by atoms with Gasteiger partial charge >= 0.3 is 5.97 Å². The van der Waals surface area contributed by atoms with Crippen molar-refractivity contribution in [3.05, 3.63) is 39.4 Å². The van der Waals surface area contributed by atoms with Gasteiger partial charge in [-0.05, 0) is 11.5 Å². The minimum atomic E-state index is -1.15. The largest absolute Gasteiger partial charge is 0.480 e. The molecule has 0 heterocycles. The average Bonchev–Trinajstić information content (AvgIpc) is 2.35. The highest BCUT2D eigenvalue weighted by molar-refractivity contribution is 5.96. The van der Waals surface area contributed by atoms with E-state index < -0.39 is 28.8 Å². The van der Waals surface area contributed by atoms with Crippen molar-refractivity contribution in [3.8, 4) is 0 Å². The van der Waals surface area contributed by atoms with Crippen LogP contribution >= 0.6 is 0 Å². The Morgan fingerprint density at radius 2 is 1.90 bits per heavy atom. The zero-order chi connectivity index (χ0) is 16.4. The number of carbonyl (C=O) groups is 2. The number of carbonyl (C=O) groups excluding carboxylic acids is 1. The van der Waals surface area contributed by atoms with Crippen molar-refractivity contribution < 1.29 is 19.6 Å². The van der Waals surface area contributed by atoms with Crippen LogP contribution in [-0.2, 0) is 10.2 Å². The second-order valence-electron chi connectivity index (χ2n) is 5.79. The van der Waals surface area contributed by atoms with Gasteiger partial charge in [0.2, 0.25) is 0 Å². The third-order valence-corrected chi connectivity index (χ3v) is 2.97. The first-order chi connectivity index (χ1) is 9.54. The smallest absolute Gasteiger partial charge is 0.323 e. The highest BCUT2D eigenvalue weighted by Crippen LogP contribution is 2.32. The molecule has 0 saturated heterocycles. The van der Waals surface area contributed by atoms with Gasteiger partial charge in [-0.2, -0.15) is 0 Å². The highest BCUT2D eigenvalue weighted by Gasteiger charge is 2.26. The summed E-state index contributed by atoms with van der Waals surface area (Å²) in [7, 11) is 1.33. The second-order valence-corrected chi connectivity index (χ2v) is 5.79. The maximum absolute atomic E-state index is 12.1. The van der Waals surface area contributed by atoms with Crippen molar-refractivity contribution in [2.45, 2.75) is 26.2 Å². The predicted octanol–water partition coefficient (Wildman–Crippen LogP) is 2.05. The first-order valence-corrected chi connectivity index (χ1v) is 6.30. The van der Waals surface area contributed by atoms with Crippen LogP contribution in [0.3, 0.4) is 0 Å². The number of nitrogens with zero attached hydrogens (tertiary/aromatic N) is 2. The van der Waals surface area contributed by atoms with Crippen LogP contribution < -0.4 is 0 Å². The lowest BCUT2D eigenvalue weighted by molar-refractivity contribution is -0.386. The van der Waals surface area contributed by atoms with Crippen LogP contribution in [0.25, 0.3) is 0 Å². The normalized spacial score (nSPS) is 11.0. The third kappa shape index (κ3) is 4.01. The molecule has 0 spiro atoms. The molecule has 0 aliphatic heterocycles. The van der Waals surface area contributed by atoms with E-state index in [9.17, 15) is 19.7 Å². The van der Waals surface area contributed by atoms with Gasteiger partial charge in [-0.3, -0.25) is 19.7 Å². The van der Waals surface area contributed by atoms with Crippen LogP contribution in [-0.4, -0.2) is 40.4 Å². The van der Waals surface area contributed by atoms with Gasteiger partial charge in [-0.1, -0.05) is 26.8 Å². The Morgan fingerprint density at radius 1 is 1.33 bits per heavy atom. The van der Waals surface area contributed by atoms with Gasteiger partial charge in [0.25, 0.3) is 11.6 Å². The van der Waals surface area contributed by atoms with Gasteiger partial charge in [0.1, 0.15) is 6.54 Å². The number of hydrogen-bond acceptors (Lipinski definition) is 4. The molecular weight excluding hydrogens is 276 g/mol. The number of nitro benzene ring substituents is 1. The molecule has 0 aromatic heterocycles. The predicted molar refractivity (Wildman–Crippen MR) is 76.4 cm³/mol. The molecule has 1 aromatic carbocycles. The number of likely N-dealkylation sites (N-methyl/N-ethyl adjacent to an activating group) is 1. The van der Waals surface area contributed by atoms with Crippen LogP contribution in [0, 0.1) is 10.1 Å². The Morgan fingerprint density at radius 3 is 2.33 bits per heavy atom. The van der Waals surface area contributed by atoms with Crippen molar-refractivity contribution in [1.82, 2.24) is 4.90 Å². The minimum absolute atomic E-state index is 0.0958. The van der Waals surface area contributed by atoms with Crippen molar-refractivity contribution in [1.29, 1.82) is 0 Å². The summed E-state index contributed by atoms with van der Waals surface area (Å²) in [4.78, 5) is 34.3. The monoisotopic (exact) mass is 294 g/mol. The van der Waals surface area contributed by atoms with Gasteiger partial charge < -0.3 is 10.0 Å². The number of amides is 1. The first-order valence-electron chi connectivity index (χ1n) is 6.30. The summed E-state index contributed by atoms with van der Waals surface area (Å²) in [6.07, 6.45) is 0. The summed E-state index contributed by atoms with van der Waals surface area (Å²) in [6.45, 7) is 5.06. The fraction of sp³-hybridized carbons (Fsp3) is 0.429. The van der Waals surface area contributed by atoms with E-state index in [4.69, 9.17) is 5.11 Å². The molecule has 21 heavy (non-hydrogen) atoms.